The molecule has 7 rings (SSSR count). The standard InChI is InChI=1S/C35H41ClN4O4/c1-38-12-8-35(9-13-38)10-14-39(22-35)15-16-44-32-18-24-17-28(37-27(24)19-31(32)43-2)34(42)40-21-23(7-11-36)33-26-6-4-3-5-25(26)30(41)20-29(33)40/h3-6,17-20,23,37,41H,7-16,21-22H2,1-2H3. The topological polar surface area (TPSA) is 81.3 Å². The Hall–Kier alpha value is -3.46. The molecule has 9 heteroatoms. The van der Waals surface area contributed by atoms with E-state index in [1.165, 1.54) is 32.4 Å². The zero-order valence-corrected chi connectivity index (χ0v) is 26.3. The van der Waals surface area contributed by atoms with Crippen molar-refractivity contribution in [2.24, 2.45) is 5.41 Å². The number of aromatic nitrogens is 1. The summed E-state index contributed by atoms with van der Waals surface area (Å²) in [6, 6.07) is 15.3. The SMILES string of the molecule is COc1cc2[nH]c(C(=O)N3CC(CCCl)c4c3cc(O)c3ccccc43)cc2cc1OCCN1CCC2(CCN(C)CC2)C1. The molecular formula is C35H41ClN4O4. The van der Waals surface area contributed by atoms with Crippen LogP contribution in [-0.4, -0.2) is 91.7 Å². The summed E-state index contributed by atoms with van der Waals surface area (Å²) >= 11 is 6.20. The molecule has 3 aromatic carbocycles. The van der Waals surface area contributed by atoms with E-state index in [0.717, 1.165) is 59.0 Å². The average Bonchev–Trinajstić information content (AvgIpc) is 3.74. The number of nitrogens with one attached hydrogen (secondary N) is 1. The van der Waals surface area contributed by atoms with Crippen molar-refractivity contribution in [2.45, 2.75) is 31.6 Å². The first kappa shape index (κ1) is 29.3. The van der Waals surface area contributed by atoms with Crippen LogP contribution in [-0.2, 0) is 0 Å². The molecule has 3 aliphatic rings. The highest BCUT2D eigenvalue weighted by Crippen LogP contribution is 2.47. The minimum absolute atomic E-state index is 0.0892. The third-order valence-corrected chi connectivity index (χ3v) is 10.4. The first-order valence-electron chi connectivity index (χ1n) is 15.7. The molecule has 2 N–H and O–H groups in total. The van der Waals surface area contributed by atoms with E-state index >= 15 is 0 Å². The molecule has 2 fully saturated rings. The van der Waals surface area contributed by atoms with Crippen LogP contribution in [0, 0.1) is 5.41 Å². The molecule has 3 aliphatic heterocycles. The lowest BCUT2D eigenvalue weighted by molar-refractivity contribution is 0.0984. The fourth-order valence-corrected chi connectivity index (χ4v) is 7.93. The van der Waals surface area contributed by atoms with E-state index in [2.05, 4.69) is 21.8 Å². The van der Waals surface area contributed by atoms with E-state index in [4.69, 9.17) is 21.1 Å². The molecule has 2 saturated heterocycles. The molecular weight excluding hydrogens is 576 g/mol. The number of benzene rings is 3. The fourth-order valence-electron chi connectivity index (χ4n) is 7.66. The summed E-state index contributed by atoms with van der Waals surface area (Å²) in [7, 11) is 3.86. The fraction of sp³-hybridized carbons (Fsp3) is 0.457. The van der Waals surface area contributed by atoms with Crippen LogP contribution in [0.25, 0.3) is 21.7 Å². The molecule has 4 aromatic rings. The maximum absolute atomic E-state index is 14.0. The number of aromatic hydroxyl groups is 1. The molecule has 0 saturated carbocycles. The highest BCUT2D eigenvalue weighted by molar-refractivity contribution is 6.18. The molecule has 1 unspecified atom stereocenters. The van der Waals surface area contributed by atoms with E-state index in [0.29, 0.717) is 41.6 Å². The second-order valence-electron chi connectivity index (χ2n) is 12.9. The van der Waals surface area contributed by atoms with Crippen LogP contribution in [0.1, 0.15) is 47.7 Å². The maximum atomic E-state index is 14.0. The molecule has 0 bridgehead atoms. The van der Waals surface area contributed by atoms with Gasteiger partial charge in [0.25, 0.3) is 5.91 Å². The first-order valence-corrected chi connectivity index (χ1v) is 16.3. The van der Waals surface area contributed by atoms with Gasteiger partial charge >= 0.3 is 0 Å². The van der Waals surface area contributed by atoms with Gasteiger partial charge in [-0.15, -0.1) is 11.6 Å². The smallest absolute Gasteiger partial charge is 0.274 e. The largest absolute Gasteiger partial charge is 0.507 e. The molecule has 8 nitrogen and oxygen atoms in total. The number of anilines is 1. The van der Waals surface area contributed by atoms with E-state index < -0.39 is 0 Å². The summed E-state index contributed by atoms with van der Waals surface area (Å²) in [5.74, 6) is 1.92. The van der Waals surface area contributed by atoms with E-state index in [1.54, 1.807) is 18.1 Å². The van der Waals surface area contributed by atoms with Crippen LogP contribution in [0.5, 0.6) is 17.2 Å². The van der Waals surface area contributed by atoms with E-state index in [-0.39, 0.29) is 17.6 Å². The Labute approximate surface area is 263 Å². The molecule has 1 aromatic heterocycles. The Morgan fingerprint density at radius 1 is 1.07 bits per heavy atom. The molecule has 1 atom stereocenters. The van der Waals surface area contributed by atoms with Crippen molar-refractivity contribution in [2.75, 3.05) is 70.8 Å². The van der Waals surface area contributed by atoms with Crippen LogP contribution in [0.2, 0.25) is 0 Å². The Kier molecular flexibility index (Phi) is 7.85. The Morgan fingerprint density at radius 3 is 2.61 bits per heavy atom. The minimum Gasteiger partial charge on any atom is -0.507 e. The predicted octanol–water partition coefficient (Wildman–Crippen LogP) is 6.20. The zero-order chi connectivity index (χ0) is 30.4. The summed E-state index contributed by atoms with van der Waals surface area (Å²) in [6.07, 6.45) is 4.59. The number of ether oxygens (including phenoxy) is 2. The lowest BCUT2D eigenvalue weighted by Gasteiger charge is -2.37. The highest BCUT2D eigenvalue weighted by atomic mass is 35.5. The van der Waals surface area contributed by atoms with Crippen molar-refractivity contribution in [3.05, 3.63) is 59.8 Å². The van der Waals surface area contributed by atoms with Crippen molar-refractivity contribution >= 4 is 44.9 Å². The third-order valence-electron chi connectivity index (χ3n) is 10.2. The van der Waals surface area contributed by atoms with Crippen molar-refractivity contribution in [3.8, 4) is 17.2 Å². The number of methoxy groups -OCH3 is 1. The molecule has 232 valence electrons. The van der Waals surface area contributed by atoms with Gasteiger partial charge in [-0.2, -0.15) is 0 Å². The molecule has 4 heterocycles. The van der Waals surface area contributed by atoms with Gasteiger partial charge in [0.15, 0.2) is 11.5 Å². The number of halogens is 1. The maximum Gasteiger partial charge on any atom is 0.274 e. The van der Waals surface area contributed by atoms with E-state index in [9.17, 15) is 9.90 Å². The van der Waals surface area contributed by atoms with Gasteiger partial charge in [-0.05, 0) is 80.9 Å². The predicted molar refractivity (Wildman–Crippen MR) is 176 cm³/mol. The minimum atomic E-state index is -0.146. The van der Waals surface area contributed by atoms with Crippen molar-refractivity contribution in [1.29, 1.82) is 0 Å². The summed E-state index contributed by atoms with van der Waals surface area (Å²) in [5.41, 5.74) is 3.57. The van der Waals surface area contributed by atoms with Crippen molar-refractivity contribution in [1.82, 2.24) is 14.8 Å². The lowest BCUT2D eigenvalue weighted by Crippen LogP contribution is -2.40. The van der Waals surface area contributed by atoms with Crippen LogP contribution in [0.4, 0.5) is 5.69 Å². The van der Waals surface area contributed by atoms with Gasteiger partial charge in [0.2, 0.25) is 0 Å². The van der Waals surface area contributed by atoms with Crippen LogP contribution in [0.15, 0.2) is 48.5 Å². The number of likely N-dealkylation sites (tertiary alicyclic amines) is 2. The number of phenols is 1. The number of carbonyl (C=O) groups is 1. The number of phenolic OH excluding ortho intramolecular Hbond substituents is 1. The Balaban J connectivity index is 1.09. The number of piperidine rings is 1. The summed E-state index contributed by atoms with van der Waals surface area (Å²) in [4.78, 5) is 24.0. The number of H-pyrrole nitrogens is 1. The average molecular weight is 617 g/mol. The second-order valence-corrected chi connectivity index (χ2v) is 13.3. The van der Waals surface area contributed by atoms with Gasteiger partial charge in [-0.1, -0.05) is 24.3 Å². The Bertz CT molecular complexity index is 1700. The van der Waals surface area contributed by atoms with Crippen LogP contribution in [0.3, 0.4) is 0 Å². The van der Waals surface area contributed by atoms with Crippen LogP contribution < -0.4 is 14.4 Å². The van der Waals surface area contributed by atoms with Crippen LogP contribution >= 0.6 is 11.6 Å². The van der Waals surface area contributed by atoms with Gasteiger partial charge in [0.05, 0.1) is 12.8 Å². The monoisotopic (exact) mass is 616 g/mol. The number of amides is 1. The van der Waals surface area contributed by atoms with Gasteiger partial charge in [0.1, 0.15) is 18.1 Å². The summed E-state index contributed by atoms with van der Waals surface area (Å²) in [5, 5.41) is 13.5. The molecule has 0 radical (unpaired) electrons. The van der Waals surface area contributed by atoms with Gasteiger partial charge in [0, 0.05) is 59.9 Å². The third kappa shape index (κ3) is 5.27. The van der Waals surface area contributed by atoms with Gasteiger partial charge < -0.3 is 29.4 Å². The number of hydrogen-bond acceptors (Lipinski definition) is 6. The lowest BCUT2D eigenvalue weighted by atomic mass is 9.78. The van der Waals surface area contributed by atoms with Gasteiger partial charge in [-0.3, -0.25) is 9.69 Å². The number of nitrogens with zero attached hydrogens (tertiary/aromatic N) is 3. The first-order chi connectivity index (χ1) is 21.4. The van der Waals surface area contributed by atoms with Gasteiger partial charge in [-0.25, -0.2) is 0 Å². The molecule has 0 aliphatic carbocycles. The number of carbonyl (C=O) groups excluding carboxylic acids is 1. The molecule has 44 heavy (non-hydrogen) atoms. The molecule has 1 spiro atoms. The number of rotatable bonds is 8. The normalized spacial score (nSPS) is 20.2. The molecule has 1 amide bonds. The number of aromatic amines is 1. The summed E-state index contributed by atoms with van der Waals surface area (Å²) < 4.78 is 12.0. The number of alkyl halides is 1. The quantitative estimate of drug-likeness (QED) is 0.229. The Morgan fingerprint density at radius 2 is 1.84 bits per heavy atom. The van der Waals surface area contributed by atoms with Crippen molar-refractivity contribution in [3.63, 3.8) is 0 Å². The van der Waals surface area contributed by atoms with Crippen molar-refractivity contribution < 1.29 is 19.4 Å². The number of hydrogen-bond donors (Lipinski definition) is 2. The van der Waals surface area contributed by atoms with E-state index in [1.807, 2.05) is 42.5 Å². The second kappa shape index (κ2) is 11.8. The zero-order valence-electron chi connectivity index (χ0n) is 25.6. The highest BCUT2D eigenvalue weighted by Gasteiger charge is 2.40. The summed E-state index contributed by atoms with van der Waals surface area (Å²) in [6.45, 7) is 6.65. The number of fused-ring (bicyclic) bond motifs is 4.